The van der Waals surface area contributed by atoms with E-state index in [0.29, 0.717) is 0 Å². The highest BCUT2D eigenvalue weighted by atomic mass is 16.4. The average molecular weight is 328 g/mol. The van der Waals surface area contributed by atoms with Crippen LogP contribution in [0.5, 0.6) is 0 Å². The normalized spacial score (nSPS) is 20.5. The van der Waals surface area contributed by atoms with Gasteiger partial charge in [0.25, 0.3) is 0 Å². The van der Waals surface area contributed by atoms with Gasteiger partial charge in [-0.3, -0.25) is 4.79 Å². The van der Waals surface area contributed by atoms with Gasteiger partial charge in [0.15, 0.2) is 12.1 Å². The van der Waals surface area contributed by atoms with Crippen molar-refractivity contribution in [3.63, 3.8) is 0 Å². The summed E-state index contributed by atoms with van der Waals surface area (Å²) in [4.78, 5) is 20.4. The first kappa shape index (κ1) is 23.3. The number of Topliss-reactive ketones (excluding diaryl/α,β-unsaturated/α-hetero) is 1. The maximum Gasteiger partial charge on any atom is 0.189 e. The van der Waals surface area contributed by atoms with E-state index in [2.05, 4.69) is 0 Å². The number of aliphatic hydroxyl groups excluding tert-OH is 8. The van der Waals surface area contributed by atoms with Crippen LogP contribution in [0.4, 0.5) is 0 Å². The zero-order chi connectivity index (χ0) is 18.0. The van der Waals surface area contributed by atoms with Crippen LogP contribution in [0.3, 0.4) is 0 Å². The molecule has 0 saturated heterocycles. The van der Waals surface area contributed by atoms with E-state index in [9.17, 15) is 9.59 Å². The first-order chi connectivity index (χ1) is 10.0. The zero-order valence-electron chi connectivity index (χ0n) is 12.2. The smallest absolute Gasteiger partial charge is 0.189 e. The SMILES string of the molecule is C[C@H](O)[C@@H](O)[C@H](O)C(=O)CO.C[C@H](O)[C@H](O)[C@@H](O)[C@@H](O)C=O. The zero-order valence-corrected chi connectivity index (χ0v) is 12.2. The summed E-state index contributed by atoms with van der Waals surface area (Å²) in [6.07, 6.45) is -10.3. The first-order valence-electron chi connectivity index (χ1n) is 6.36. The third-order valence-corrected chi connectivity index (χ3v) is 2.64. The number of hydrogen-bond donors (Lipinski definition) is 8. The lowest BCUT2D eigenvalue weighted by atomic mass is 10.1. The summed E-state index contributed by atoms with van der Waals surface area (Å²) >= 11 is 0. The number of aldehydes is 1. The lowest BCUT2D eigenvalue weighted by Crippen LogP contribution is -2.43. The summed E-state index contributed by atoms with van der Waals surface area (Å²) in [7, 11) is 0. The van der Waals surface area contributed by atoms with E-state index in [1.165, 1.54) is 13.8 Å². The van der Waals surface area contributed by atoms with Gasteiger partial charge in [-0.1, -0.05) is 0 Å². The Morgan fingerprint density at radius 2 is 1.27 bits per heavy atom. The van der Waals surface area contributed by atoms with Crippen molar-refractivity contribution in [2.24, 2.45) is 0 Å². The molecular formula is C12H24O10. The van der Waals surface area contributed by atoms with E-state index in [-0.39, 0.29) is 6.29 Å². The van der Waals surface area contributed by atoms with E-state index in [1.54, 1.807) is 0 Å². The minimum Gasteiger partial charge on any atom is -0.391 e. The van der Waals surface area contributed by atoms with Crippen LogP contribution < -0.4 is 0 Å². The predicted molar refractivity (Wildman–Crippen MR) is 71.6 cm³/mol. The summed E-state index contributed by atoms with van der Waals surface area (Å²) < 4.78 is 0. The maximum atomic E-state index is 10.5. The molecule has 8 N–H and O–H groups in total. The van der Waals surface area contributed by atoms with Crippen LogP contribution in [0.1, 0.15) is 13.8 Å². The van der Waals surface area contributed by atoms with Crippen LogP contribution in [-0.4, -0.2) is 102 Å². The molecule has 0 saturated carbocycles. The van der Waals surface area contributed by atoms with E-state index in [1.807, 2.05) is 0 Å². The molecule has 7 atom stereocenters. The molecular weight excluding hydrogens is 304 g/mol. The number of carbonyl (C=O) groups is 2. The molecule has 0 unspecified atom stereocenters. The molecule has 0 aliphatic heterocycles. The molecule has 0 radical (unpaired) electrons. The Balaban J connectivity index is 0. The van der Waals surface area contributed by atoms with Gasteiger partial charge in [0.1, 0.15) is 37.1 Å². The maximum absolute atomic E-state index is 10.5. The Labute approximate surface area is 126 Å². The Morgan fingerprint density at radius 3 is 1.55 bits per heavy atom. The number of hydrogen-bond acceptors (Lipinski definition) is 10. The molecule has 0 aromatic carbocycles. The molecule has 0 aliphatic carbocycles. The summed E-state index contributed by atoms with van der Waals surface area (Å²) in [5.41, 5.74) is 0. The highest BCUT2D eigenvalue weighted by molar-refractivity contribution is 5.84. The van der Waals surface area contributed by atoms with Gasteiger partial charge in [0.2, 0.25) is 0 Å². The van der Waals surface area contributed by atoms with Crippen LogP contribution >= 0.6 is 0 Å². The topological polar surface area (TPSA) is 196 Å². The van der Waals surface area contributed by atoms with Gasteiger partial charge in [0, 0.05) is 0 Å². The number of aliphatic hydroxyl groups is 8. The number of rotatable bonds is 8. The van der Waals surface area contributed by atoms with E-state index < -0.39 is 55.1 Å². The van der Waals surface area contributed by atoms with Crippen molar-refractivity contribution >= 4 is 12.1 Å². The van der Waals surface area contributed by atoms with Crippen molar-refractivity contribution in [2.45, 2.75) is 56.6 Å². The van der Waals surface area contributed by atoms with Gasteiger partial charge in [-0.05, 0) is 13.8 Å². The van der Waals surface area contributed by atoms with Crippen LogP contribution in [0, 0.1) is 0 Å². The van der Waals surface area contributed by atoms with E-state index >= 15 is 0 Å². The van der Waals surface area contributed by atoms with Crippen LogP contribution in [0.25, 0.3) is 0 Å². The quantitative estimate of drug-likeness (QED) is 0.200. The molecule has 132 valence electrons. The molecule has 0 heterocycles. The van der Waals surface area contributed by atoms with Crippen molar-refractivity contribution in [3.05, 3.63) is 0 Å². The molecule has 10 heteroatoms. The molecule has 0 amide bonds. The standard InChI is InChI=1S/2C6H12O5/c2*1-3(8)5(10)6(11)4(9)2-7/h3,5-8,10-11H,2H2,1H3;2-6,8-11H,1H3/t3-,5+,6+;3-,4-,5-,6-/m00/s1. The van der Waals surface area contributed by atoms with E-state index in [4.69, 9.17) is 40.9 Å². The Kier molecular flexibility index (Phi) is 12.2. The van der Waals surface area contributed by atoms with Crippen molar-refractivity contribution < 1.29 is 50.4 Å². The Hall–Kier alpha value is -0.980. The molecule has 0 bridgehead atoms. The van der Waals surface area contributed by atoms with Crippen molar-refractivity contribution in [3.8, 4) is 0 Å². The molecule has 0 aliphatic rings. The number of carbonyl (C=O) groups excluding carboxylic acids is 2. The third-order valence-electron chi connectivity index (χ3n) is 2.64. The highest BCUT2D eigenvalue weighted by Gasteiger charge is 2.27. The molecule has 0 spiro atoms. The van der Waals surface area contributed by atoms with Gasteiger partial charge in [0.05, 0.1) is 12.2 Å². The van der Waals surface area contributed by atoms with Gasteiger partial charge in [-0.2, -0.15) is 0 Å². The third kappa shape index (κ3) is 8.46. The molecule has 0 fully saturated rings. The largest absolute Gasteiger partial charge is 0.391 e. The Morgan fingerprint density at radius 1 is 0.864 bits per heavy atom. The fourth-order valence-corrected chi connectivity index (χ4v) is 1.12. The van der Waals surface area contributed by atoms with Gasteiger partial charge < -0.3 is 45.6 Å². The minimum absolute atomic E-state index is 0.0935. The van der Waals surface area contributed by atoms with Gasteiger partial charge >= 0.3 is 0 Å². The summed E-state index contributed by atoms with van der Waals surface area (Å²) in [5, 5.41) is 69.7. The average Bonchev–Trinajstić information content (AvgIpc) is 2.50. The first-order valence-corrected chi connectivity index (χ1v) is 6.36. The van der Waals surface area contributed by atoms with Crippen LogP contribution in [0.15, 0.2) is 0 Å². The molecule has 22 heavy (non-hydrogen) atoms. The lowest BCUT2D eigenvalue weighted by Gasteiger charge is -2.21. The molecule has 0 aromatic rings. The second-order valence-corrected chi connectivity index (χ2v) is 4.65. The van der Waals surface area contributed by atoms with Crippen LogP contribution in [0.2, 0.25) is 0 Å². The van der Waals surface area contributed by atoms with Gasteiger partial charge in [-0.25, -0.2) is 0 Å². The Bertz CT molecular complexity index is 319. The highest BCUT2D eigenvalue weighted by Crippen LogP contribution is 2.02. The lowest BCUT2D eigenvalue weighted by molar-refractivity contribution is -0.140. The summed E-state index contributed by atoms with van der Waals surface area (Å²) in [5.74, 6) is -0.904. The van der Waals surface area contributed by atoms with Crippen molar-refractivity contribution in [2.75, 3.05) is 6.61 Å². The molecule has 10 nitrogen and oxygen atoms in total. The predicted octanol–water partition coefficient (Wildman–Crippen LogP) is -4.70. The minimum atomic E-state index is -1.71. The summed E-state index contributed by atoms with van der Waals surface area (Å²) in [6, 6.07) is 0. The van der Waals surface area contributed by atoms with Crippen LogP contribution in [-0.2, 0) is 9.59 Å². The summed E-state index contributed by atoms with van der Waals surface area (Å²) in [6.45, 7) is 1.63. The van der Waals surface area contributed by atoms with Crippen molar-refractivity contribution in [1.29, 1.82) is 0 Å². The molecule has 0 aromatic heterocycles. The second kappa shape index (κ2) is 11.6. The number of ketones is 1. The monoisotopic (exact) mass is 328 g/mol. The second-order valence-electron chi connectivity index (χ2n) is 4.65. The van der Waals surface area contributed by atoms with E-state index in [0.717, 1.165) is 0 Å². The fraction of sp³-hybridized carbons (Fsp3) is 0.833. The van der Waals surface area contributed by atoms with Gasteiger partial charge in [-0.15, -0.1) is 0 Å². The fourth-order valence-electron chi connectivity index (χ4n) is 1.12. The van der Waals surface area contributed by atoms with Crippen molar-refractivity contribution in [1.82, 2.24) is 0 Å². The molecule has 0 rings (SSSR count).